The van der Waals surface area contributed by atoms with Crippen LogP contribution in [0.3, 0.4) is 0 Å². The van der Waals surface area contributed by atoms with Crippen molar-refractivity contribution in [3.05, 3.63) is 29.3 Å². The minimum absolute atomic E-state index is 0.0726. The van der Waals surface area contributed by atoms with Crippen molar-refractivity contribution in [2.24, 2.45) is 0 Å². The highest BCUT2D eigenvalue weighted by atomic mass is 16.5. The number of hydrogen-bond acceptors (Lipinski definition) is 2. The lowest BCUT2D eigenvalue weighted by Gasteiger charge is -2.25. The summed E-state index contributed by atoms with van der Waals surface area (Å²) in [6.45, 7) is 7.31. The number of ether oxygens (including phenoxy) is 1. The lowest BCUT2D eigenvalue weighted by Crippen LogP contribution is -2.40. The zero-order chi connectivity index (χ0) is 14.5. The van der Waals surface area contributed by atoms with Gasteiger partial charge in [-0.05, 0) is 63.6 Å². The molecule has 0 saturated heterocycles. The summed E-state index contributed by atoms with van der Waals surface area (Å²) in [4.78, 5) is 14.1. The first-order valence-corrected chi connectivity index (χ1v) is 7.73. The van der Waals surface area contributed by atoms with Crippen LogP contribution in [0.2, 0.25) is 0 Å². The van der Waals surface area contributed by atoms with E-state index in [1.54, 1.807) is 0 Å². The second kappa shape index (κ2) is 6.78. The molecule has 0 N–H and O–H groups in total. The molecule has 1 atom stereocenters. The van der Waals surface area contributed by atoms with Crippen LogP contribution in [0, 0.1) is 0 Å². The summed E-state index contributed by atoms with van der Waals surface area (Å²) in [6.07, 6.45) is 4.25. The van der Waals surface area contributed by atoms with E-state index < -0.39 is 6.10 Å². The number of carbonyl (C=O) groups excluding carboxylic acids is 1. The molecule has 0 aromatic heterocycles. The van der Waals surface area contributed by atoms with E-state index in [1.165, 1.54) is 24.0 Å². The average molecular weight is 275 g/mol. The second-order valence-electron chi connectivity index (χ2n) is 5.37. The summed E-state index contributed by atoms with van der Waals surface area (Å²) in [6, 6.07) is 6.21. The number of hydrogen-bond donors (Lipinski definition) is 0. The Kier molecular flexibility index (Phi) is 5.05. The third-order valence-electron chi connectivity index (χ3n) is 4.08. The second-order valence-corrected chi connectivity index (χ2v) is 5.37. The lowest BCUT2D eigenvalue weighted by atomic mass is 9.91. The van der Waals surface area contributed by atoms with Gasteiger partial charge in [-0.25, -0.2) is 0 Å². The standard InChI is InChI=1S/C17H25NO2/c1-4-18(5-2)17(19)13(3)20-16-12-8-10-14-9-6-7-11-15(14)16/h8,10,12-13H,4-7,9,11H2,1-3H3. The highest BCUT2D eigenvalue weighted by Gasteiger charge is 2.22. The van der Waals surface area contributed by atoms with E-state index in [0.717, 1.165) is 31.7 Å². The molecule has 1 amide bonds. The highest BCUT2D eigenvalue weighted by Crippen LogP contribution is 2.30. The van der Waals surface area contributed by atoms with Gasteiger partial charge in [0, 0.05) is 13.1 Å². The van der Waals surface area contributed by atoms with E-state index in [1.807, 2.05) is 37.8 Å². The largest absolute Gasteiger partial charge is 0.481 e. The lowest BCUT2D eigenvalue weighted by molar-refractivity contribution is -0.137. The molecule has 1 aromatic carbocycles. The molecule has 0 aliphatic heterocycles. The molecule has 20 heavy (non-hydrogen) atoms. The fourth-order valence-electron chi connectivity index (χ4n) is 2.89. The van der Waals surface area contributed by atoms with Crippen molar-refractivity contribution in [1.29, 1.82) is 0 Å². The van der Waals surface area contributed by atoms with Gasteiger partial charge < -0.3 is 9.64 Å². The Labute approximate surface area is 121 Å². The number of fused-ring (bicyclic) bond motifs is 1. The number of rotatable bonds is 5. The van der Waals surface area contributed by atoms with Gasteiger partial charge in [0.1, 0.15) is 5.75 Å². The van der Waals surface area contributed by atoms with Crippen LogP contribution in [-0.2, 0) is 17.6 Å². The first kappa shape index (κ1) is 14.9. The molecule has 1 unspecified atom stereocenters. The molecule has 2 rings (SSSR count). The van der Waals surface area contributed by atoms with Crippen LogP contribution in [0.1, 0.15) is 44.7 Å². The number of likely N-dealkylation sites (N-methyl/N-ethyl adjacent to an activating group) is 1. The van der Waals surface area contributed by atoms with Crippen LogP contribution in [0.15, 0.2) is 18.2 Å². The Hall–Kier alpha value is -1.51. The third kappa shape index (κ3) is 3.14. The van der Waals surface area contributed by atoms with Crippen molar-refractivity contribution in [2.75, 3.05) is 13.1 Å². The number of amides is 1. The van der Waals surface area contributed by atoms with Crippen molar-refractivity contribution in [3.8, 4) is 5.75 Å². The van der Waals surface area contributed by atoms with Crippen molar-refractivity contribution >= 4 is 5.91 Å². The molecular weight excluding hydrogens is 250 g/mol. The Morgan fingerprint density at radius 3 is 2.65 bits per heavy atom. The summed E-state index contributed by atoms with van der Waals surface area (Å²) in [5.74, 6) is 0.971. The van der Waals surface area contributed by atoms with Gasteiger partial charge in [0.15, 0.2) is 6.10 Å². The molecule has 1 aliphatic rings. The number of aryl methyl sites for hydroxylation is 1. The molecule has 110 valence electrons. The van der Waals surface area contributed by atoms with Crippen LogP contribution in [0.25, 0.3) is 0 Å². The molecule has 1 aliphatic carbocycles. The van der Waals surface area contributed by atoms with Crippen LogP contribution < -0.4 is 4.74 Å². The molecule has 1 aromatic rings. The maximum Gasteiger partial charge on any atom is 0.263 e. The van der Waals surface area contributed by atoms with E-state index in [4.69, 9.17) is 4.74 Å². The van der Waals surface area contributed by atoms with Crippen LogP contribution in [0.4, 0.5) is 0 Å². The Morgan fingerprint density at radius 2 is 1.95 bits per heavy atom. The highest BCUT2D eigenvalue weighted by molar-refractivity contribution is 5.80. The predicted octanol–water partition coefficient (Wildman–Crippen LogP) is 3.20. The molecule has 3 heteroatoms. The van der Waals surface area contributed by atoms with Gasteiger partial charge in [0.2, 0.25) is 0 Å². The molecule has 0 heterocycles. The van der Waals surface area contributed by atoms with Gasteiger partial charge in [-0.2, -0.15) is 0 Å². The van der Waals surface area contributed by atoms with E-state index in [-0.39, 0.29) is 5.91 Å². The van der Waals surface area contributed by atoms with Crippen LogP contribution in [0.5, 0.6) is 5.75 Å². The van der Waals surface area contributed by atoms with Gasteiger partial charge >= 0.3 is 0 Å². The summed E-state index contributed by atoms with van der Waals surface area (Å²) in [7, 11) is 0. The molecule has 0 bridgehead atoms. The molecule has 0 spiro atoms. The summed E-state index contributed by atoms with van der Waals surface area (Å²) in [5, 5.41) is 0. The topological polar surface area (TPSA) is 29.5 Å². The molecule has 3 nitrogen and oxygen atoms in total. The monoisotopic (exact) mass is 275 g/mol. The predicted molar refractivity (Wildman–Crippen MR) is 81.1 cm³/mol. The zero-order valence-electron chi connectivity index (χ0n) is 12.8. The maximum absolute atomic E-state index is 12.3. The van der Waals surface area contributed by atoms with E-state index in [9.17, 15) is 4.79 Å². The third-order valence-corrected chi connectivity index (χ3v) is 4.08. The minimum atomic E-state index is -0.414. The Balaban J connectivity index is 2.12. The van der Waals surface area contributed by atoms with Crippen molar-refractivity contribution in [3.63, 3.8) is 0 Å². The molecule has 0 fully saturated rings. The van der Waals surface area contributed by atoms with Crippen LogP contribution >= 0.6 is 0 Å². The number of nitrogens with zero attached hydrogens (tertiary/aromatic N) is 1. The fourth-order valence-corrected chi connectivity index (χ4v) is 2.89. The van der Waals surface area contributed by atoms with Gasteiger partial charge in [-0.1, -0.05) is 12.1 Å². The Morgan fingerprint density at radius 1 is 1.25 bits per heavy atom. The van der Waals surface area contributed by atoms with Crippen molar-refractivity contribution < 1.29 is 9.53 Å². The molecular formula is C17H25NO2. The van der Waals surface area contributed by atoms with Gasteiger partial charge in [-0.3, -0.25) is 4.79 Å². The van der Waals surface area contributed by atoms with Gasteiger partial charge in [-0.15, -0.1) is 0 Å². The smallest absolute Gasteiger partial charge is 0.263 e. The summed E-state index contributed by atoms with van der Waals surface area (Å²) < 4.78 is 5.97. The summed E-state index contributed by atoms with van der Waals surface area (Å²) in [5.41, 5.74) is 2.69. The van der Waals surface area contributed by atoms with Crippen LogP contribution in [-0.4, -0.2) is 30.0 Å². The average Bonchev–Trinajstić information content (AvgIpc) is 2.48. The Bertz CT molecular complexity index is 466. The van der Waals surface area contributed by atoms with E-state index >= 15 is 0 Å². The molecule has 0 saturated carbocycles. The minimum Gasteiger partial charge on any atom is -0.481 e. The normalized spacial score (nSPS) is 15.3. The maximum atomic E-state index is 12.3. The van der Waals surface area contributed by atoms with Crippen molar-refractivity contribution in [1.82, 2.24) is 4.90 Å². The van der Waals surface area contributed by atoms with Gasteiger partial charge in [0.25, 0.3) is 5.91 Å². The number of carbonyl (C=O) groups is 1. The van der Waals surface area contributed by atoms with E-state index in [0.29, 0.717) is 0 Å². The first-order valence-electron chi connectivity index (χ1n) is 7.73. The zero-order valence-corrected chi connectivity index (χ0v) is 12.8. The fraction of sp³-hybridized carbons (Fsp3) is 0.588. The SMILES string of the molecule is CCN(CC)C(=O)C(C)Oc1cccc2c1CCCC2. The number of benzene rings is 1. The van der Waals surface area contributed by atoms with E-state index in [2.05, 4.69) is 6.07 Å². The first-order chi connectivity index (χ1) is 9.67. The van der Waals surface area contributed by atoms with Gasteiger partial charge in [0.05, 0.1) is 0 Å². The quantitative estimate of drug-likeness (QED) is 0.826. The molecule has 0 radical (unpaired) electrons. The van der Waals surface area contributed by atoms with Crippen molar-refractivity contribution in [2.45, 2.75) is 52.6 Å². The summed E-state index contributed by atoms with van der Waals surface area (Å²) >= 11 is 0.